The van der Waals surface area contributed by atoms with Crippen LogP contribution in [-0.4, -0.2) is 16.8 Å². The van der Waals surface area contributed by atoms with Crippen molar-refractivity contribution in [1.82, 2.24) is 0 Å². The molecule has 4 nitrogen and oxygen atoms in total. The SMILES string of the molecule is O=S(=O)(c1ccc(S(=O)(=O)c2ccc3c(c2)C2(c4ccccc4-c4ccccc42)c2ccccc2-3)cc1)c1ccc2c(c1)C1(c3ccccc3-c3ccccc31)c1ccccc1-2. The van der Waals surface area contributed by atoms with Crippen molar-refractivity contribution < 1.29 is 16.8 Å². The topological polar surface area (TPSA) is 68.3 Å². The van der Waals surface area contributed by atoms with Gasteiger partial charge >= 0.3 is 0 Å². The molecule has 0 N–H and O–H groups in total. The lowest BCUT2D eigenvalue weighted by atomic mass is 9.70. The fourth-order valence-corrected chi connectivity index (χ4v) is 14.1. The van der Waals surface area contributed by atoms with Gasteiger partial charge in [-0.05, 0) is 138 Å². The first-order chi connectivity index (χ1) is 30.3. The highest BCUT2D eigenvalue weighted by Gasteiger charge is 2.53. The monoisotopic (exact) mass is 834 g/mol. The molecular weight excluding hydrogens is 801 g/mol. The second-order valence-electron chi connectivity index (χ2n) is 16.7. The summed E-state index contributed by atoms with van der Waals surface area (Å²) in [5.74, 6) is 0. The summed E-state index contributed by atoms with van der Waals surface area (Å²) in [6.45, 7) is 0. The van der Waals surface area contributed by atoms with E-state index in [0.29, 0.717) is 0 Å². The van der Waals surface area contributed by atoms with Crippen LogP contribution in [0.1, 0.15) is 44.5 Å². The molecule has 6 heteroatoms. The van der Waals surface area contributed by atoms with Gasteiger partial charge in [0.25, 0.3) is 0 Å². The fourth-order valence-electron chi connectivity index (χ4n) is 11.6. The highest BCUT2D eigenvalue weighted by atomic mass is 32.2. The Morgan fingerprint density at radius 1 is 0.226 bits per heavy atom. The Hall–Kier alpha value is -7.12. The third kappa shape index (κ3) is 4.26. The van der Waals surface area contributed by atoms with Gasteiger partial charge in [-0.3, -0.25) is 0 Å². The lowest BCUT2D eigenvalue weighted by molar-refractivity contribution is 0.592. The van der Waals surface area contributed by atoms with Crippen molar-refractivity contribution in [1.29, 1.82) is 0 Å². The van der Waals surface area contributed by atoms with Crippen LogP contribution in [0.25, 0.3) is 44.5 Å². The van der Waals surface area contributed by atoms with Crippen molar-refractivity contribution in [2.24, 2.45) is 0 Å². The van der Waals surface area contributed by atoms with Gasteiger partial charge in [0.2, 0.25) is 19.7 Å². The summed E-state index contributed by atoms with van der Waals surface area (Å²) in [6.07, 6.45) is 0. The predicted molar refractivity (Wildman–Crippen MR) is 243 cm³/mol. The minimum atomic E-state index is -4.08. The highest BCUT2D eigenvalue weighted by molar-refractivity contribution is 7.92. The molecule has 0 unspecified atom stereocenters. The highest BCUT2D eigenvalue weighted by Crippen LogP contribution is 2.64. The molecule has 0 fully saturated rings. The van der Waals surface area contributed by atoms with Gasteiger partial charge in [0.05, 0.1) is 30.4 Å². The molecule has 0 atom stereocenters. The number of sulfone groups is 2. The quantitative estimate of drug-likeness (QED) is 0.177. The Balaban J connectivity index is 0.912. The summed E-state index contributed by atoms with van der Waals surface area (Å²) < 4.78 is 58.7. The molecule has 13 rings (SSSR count). The van der Waals surface area contributed by atoms with Crippen LogP contribution in [0.2, 0.25) is 0 Å². The van der Waals surface area contributed by atoms with E-state index in [-0.39, 0.29) is 19.6 Å². The normalized spacial score (nSPS) is 15.0. The Kier molecular flexibility index (Phi) is 7.04. The zero-order chi connectivity index (χ0) is 41.6. The maximum atomic E-state index is 14.7. The van der Waals surface area contributed by atoms with Crippen molar-refractivity contribution in [3.8, 4) is 44.5 Å². The molecule has 0 aliphatic heterocycles. The van der Waals surface area contributed by atoms with Crippen LogP contribution in [0.4, 0.5) is 0 Å². The second kappa shape index (κ2) is 12.3. The molecule has 0 radical (unpaired) electrons. The van der Waals surface area contributed by atoms with Gasteiger partial charge in [0.1, 0.15) is 0 Å². The molecule has 0 saturated carbocycles. The number of hydrogen-bond acceptors (Lipinski definition) is 4. The van der Waals surface area contributed by atoms with E-state index >= 15 is 0 Å². The first-order valence-electron chi connectivity index (χ1n) is 20.7. The largest absolute Gasteiger partial charge is 0.219 e. The summed E-state index contributed by atoms with van der Waals surface area (Å²) in [4.78, 5) is 0.356. The lowest BCUT2D eigenvalue weighted by Gasteiger charge is -2.30. The van der Waals surface area contributed by atoms with Crippen LogP contribution >= 0.6 is 0 Å². The number of benzene rings is 9. The predicted octanol–water partition coefficient (Wildman–Crippen LogP) is 12.0. The third-order valence-corrected chi connectivity index (χ3v) is 17.5. The molecule has 294 valence electrons. The summed E-state index contributed by atoms with van der Waals surface area (Å²) in [5.41, 5.74) is 15.9. The van der Waals surface area contributed by atoms with Crippen LogP contribution in [-0.2, 0) is 30.5 Å². The van der Waals surface area contributed by atoms with E-state index in [1.807, 2.05) is 36.4 Å². The van der Waals surface area contributed by atoms with Crippen LogP contribution in [0.3, 0.4) is 0 Å². The van der Waals surface area contributed by atoms with E-state index in [0.717, 1.165) is 89.0 Å². The standard InChI is InChI=1S/C56H34O4S2/c57-61(58,37-29-31-45-43-17-5-11-23-51(43)55(53(45)33-37)47-19-7-1-13-39(47)40-14-2-8-20-48(40)55)35-25-27-36(28-26-35)62(59,60)38-30-32-46-44-18-6-12-24-52(44)56(54(46)34-38)49-21-9-3-15-41(49)42-16-4-10-22-50(42)56/h1-34H. The maximum Gasteiger partial charge on any atom is 0.206 e. The zero-order valence-electron chi connectivity index (χ0n) is 33.1. The van der Waals surface area contributed by atoms with Gasteiger partial charge in [-0.1, -0.05) is 158 Å². The first kappa shape index (κ1) is 35.6. The lowest BCUT2D eigenvalue weighted by Crippen LogP contribution is -2.26. The van der Waals surface area contributed by atoms with Crippen LogP contribution in [0.15, 0.2) is 226 Å². The Labute approximate surface area is 360 Å². The Morgan fingerprint density at radius 2 is 0.435 bits per heavy atom. The van der Waals surface area contributed by atoms with E-state index in [1.165, 1.54) is 24.3 Å². The third-order valence-electron chi connectivity index (χ3n) is 14.0. The fraction of sp³-hybridized carbons (Fsp3) is 0.0357. The maximum absolute atomic E-state index is 14.7. The van der Waals surface area contributed by atoms with E-state index in [9.17, 15) is 16.8 Å². The molecule has 62 heavy (non-hydrogen) atoms. The summed E-state index contributed by atoms with van der Waals surface area (Å²) in [6, 6.07) is 66.9. The van der Waals surface area contributed by atoms with E-state index in [1.54, 1.807) is 12.1 Å². The van der Waals surface area contributed by atoms with E-state index < -0.39 is 30.5 Å². The zero-order valence-corrected chi connectivity index (χ0v) is 34.7. The van der Waals surface area contributed by atoms with E-state index in [4.69, 9.17) is 0 Å². The molecule has 0 saturated heterocycles. The molecule has 0 aromatic heterocycles. The van der Waals surface area contributed by atoms with Crippen molar-refractivity contribution >= 4 is 19.7 Å². The molecular formula is C56H34O4S2. The number of rotatable bonds is 4. The van der Waals surface area contributed by atoms with Gasteiger partial charge in [0.15, 0.2) is 0 Å². The van der Waals surface area contributed by atoms with Gasteiger partial charge in [-0.15, -0.1) is 0 Å². The van der Waals surface area contributed by atoms with Crippen LogP contribution in [0.5, 0.6) is 0 Å². The van der Waals surface area contributed by atoms with Crippen molar-refractivity contribution in [3.05, 3.63) is 251 Å². The van der Waals surface area contributed by atoms with Gasteiger partial charge in [-0.25, -0.2) is 16.8 Å². The number of hydrogen-bond donors (Lipinski definition) is 0. The molecule has 0 amide bonds. The molecule has 4 aliphatic rings. The van der Waals surface area contributed by atoms with Crippen molar-refractivity contribution in [3.63, 3.8) is 0 Å². The average molecular weight is 835 g/mol. The van der Waals surface area contributed by atoms with Gasteiger partial charge in [-0.2, -0.15) is 0 Å². The van der Waals surface area contributed by atoms with Crippen molar-refractivity contribution in [2.75, 3.05) is 0 Å². The minimum Gasteiger partial charge on any atom is -0.219 e. The summed E-state index contributed by atoms with van der Waals surface area (Å²) >= 11 is 0. The van der Waals surface area contributed by atoms with Gasteiger partial charge in [0, 0.05) is 0 Å². The molecule has 4 aliphatic carbocycles. The minimum absolute atomic E-state index is 0.0238. The smallest absolute Gasteiger partial charge is 0.206 e. The van der Waals surface area contributed by atoms with Crippen LogP contribution < -0.4 is 0 Å². The molecule has 9 aromatic carbocycles. The molecule has 2 spiro atoms. The summed E-state index contributed by atoms with van der Waals surface area (Å²) in [5, 5.41) is 0. The Morgan fingerprint density at radius 3 is 0.694 bits per heavy atom. The Bertz CT molecular complexity index is 3310. The average Bonchev–Trinajstić information content (AvgIpc) is 4.00. The summed E-state index contributed by atoms with van der Waals surface area (Å²) in [7, 11) is -8.16. The second-order valence-corrected chi connectivity index (χ2v) is 20.6. The first-order valence-corrected chi connectivity index (χ1v) is 23.7. The molecule has 0 heterocycles. The molecule has 9 aromatic rings. The van der Waals surface area contributed by atoms with E-state index in [2.05, 4.69) is 133 Å². The number of fused-ring (bicyclic) bond motifs is 20. The van der Waals surface area contributed by atoms with Crippen molar-refractivity contribution in [2.45, 2.75) is 30.4 Å². The molecule has 0 bridgehead atoms. The van der Waals surface area contributed by atoms with Crippen LogP contribution in [0, 0.1) is 0 Å². The van der Waals surface area contributed by atoms with Gasteiger partial charge < -0.3 is 0 Å².